The van der Waals surface area contributed by atoms with Crippen molar-refractivity contribution >= 4 is 17.3 Å². The Bertz CT molecular complexity index is 949. The molecule has 1 atom stereocenters. The Morgan fingerprint density at radius 1 is 0.962 bits per heavy atom. The summed E-state index contributed by atoms with van der Waals surface area (Å²) in [4.78, 5) is 15.1. The van der Waals surface area contributed by atoms with Crippen molar-refractivity contribution in [1.82, 2.24) is 0 Å². The summed E-state index contributed by atoms with van der Waals surface area (Å²) >= 11 is 0. The molecule has 26 heavy (non-hydrogen) atoms. The number of ether oxygens (including phenoxy) is 1. The Labute approximate surface area is 153 Å². The second kappa shape index (κ2) is 6.68. The minimum absolute atomic E-state index is 0.130. The summed E-state index contributed by atoms with van der Waals surface area (Å²) in [7, 11) is 1.68. The van der Waals surface area contributed by atoms with Gasteiger partial charge in [-0.1, -0.05) is 48.5 Å². The van der Waals surface area contributed by atoms with Gasteiger partial charge >= 0.3 is 0 Å². The Kier molecular flexibility index (Phi) is 4.21. The van der Waals surface area contributed by atoms with Crippen molar-refractivity contribution in [2.45, 2.75) is 19.3 Å². The van der Waals surface area contributed by atoms with Crippen LogP contribution in [0.3, 0.4) is 0 Å². The molecule has 0 fully saturated rings. The predicted molar refractivity (Wildman–Crippen MR) is 104 cm³/mol. The molecule has 0 saturated heterocycles. The van der Waals surface area contributed by atoms with Crippen LogP contribution in [0.4, 0.5) is 11.4 Å². The van der Waals surface area contributed by atoms with Crippen LogP contribution in [-0.2, 0) is 11.2 Å². The highest BCUT2D eigenvalue weighted by molar-refractivity contribution is 6.10. The molecule has 4 rings (SSSR count). The number of benzene rings is 3. The van der Waals surface area contributed by atoms with Crippen LogP contribution in [0.2, 0.25) is 0 Å². The molecule has 130 valence electrons. The third-order valence-corrected chi connectivity index (χ3v) is 4.99. The van der Waals surface area contributed by atoms with E-state index < -0.39 is 0 Å². The largest absolute Gasteiger partial charge is 0.496 e. The Hall–Kier alpha value is -3.07. The van der Waals surface area contributed by atoms with Crippen molar-refractivity contribution in [2.24, 2.45) is 0 Å². The maximum atomic E-state index is 13.3. The SMILES string of the molecule is COc1ccc(C[C@@H]2C(=O)N(c3ccccc3)c3ccccc32)cc1C. The van der Waals surface area contributed by atoms with Crippen LogP contribution in [0.15, 0.2) is 72.8 Å². The van der Waals surface area contributed by atoms with Crippen molar-refractivity contribution in [1.29, 1.82) is 0 Å². The number of hydrogen-bond acceptors (Lipinski definition) is 2. The fraction of sp³-hybridized carbons (Fsp3) is 0.174. The number of nitrogens with zero attached hydrogens (tertiary/aromatic N) is 1. The standard InChI is InChI=1S/C23H21NO2/c1-16-14-17(12-13-22(16)26-2)15-20-19-10-6-7-11-21(19)24(23(20)25)18-8-4-3-5-9-18/h3-14,20H,15H2,1-2H3/t20-/m0/s1. The molecule has 3 aromatic rings. The molecule has 0 spiro atoms. The number of rotatable bonds is 4. The summed E-state index contributed by atoms with van der Waals surface area (Å²) in [6, 6.07) is 24.1. The van der Waals surface area contributed by atoms with E-state index in [9.17, 15) is 4.79 Å². The van der Waals surface area contributed by atoms with Crippen molar-refractivity contribution in [3.8, 4) is 5.75 Å². The van der Waals surface area contributed by atoms with E-state index in [2.05, 4.69) is 12.1 Å². The van der Waals surface area contributed by atoms with Crippen molar-refractivity contribution in [2.75, 3.05) is 12.0 Å². The Morgan fingerprint density at radius 3 is 2.42 bits per heavy atom. The maximum Gasteiger partial charge on any atom is 0.239 e. The summed E-state index contributed by atoms with van der Waals surface area (Å²) in [6.45, 7) is 2.03. The molecule has 0 N–H and O–H groups in total. The van der Waals surface area contributed by atoms with E-state index >= 15 is 0 Å². The lowest BCUT2D eigenvalue weighted by Crippen LogP contribution is -2.24. The van der Waals surface area contributed by atoms with Gasteiger partial charge in [-0.25, -0.2) is 0 Å². The highest BCUT2D eigenvalue weighted by atomic mass is 16.5. The van der Waals surface area contributed by atoms with Crippen LogP contribution in [-0.4, -0.2) is 13.0 Å². The zero-order valence-corrected chi connectivity index (χ0v) is 15.0. The van der Waals surface area contributed by atoms with Gasteiger partial charge in [0.25, 0.3) is 0 Å². The molecule has 0 unspecified atom stereocenters. The minimum Gasteiger partial charge on any atom is -0.496 e. The number of fused-ring (bicyclic) bond motifs is 1. The van der Waals surface area contributed by atoms with Gasteiger partial charge in [-0.3, -0.25) is 9.69 Å². The second-order valence-electron chi connectivity index (χ2n) is 6.63. The molecule has 1 amide bonds. The zero-order valence-electron chi connectivity index (χ0n) is 15.0. The number of carbonyl (C=O) groups is 1. The van der Waals surface area contributed by atoms with Gasteiger partial charge in [0.05, 0.1) is 18.7 Å². The highest BCUT2D eigenvalue weighted by Crippen LogP contribution is 2.43. The molecular formula is C23H21NO2. The van der Waals surface area contributed by atoms with E-state index in [1.165, 1.54) is 0 Å². The van der Waals surface area contributed by atoms with E-state index in [0.29, 0.717) is 6.42 Å². The van der Waals surface area contributed by atoms with Crippen LogP contribution in [0.5, 0.6) is 5.75 Å². The number of carbonyl (C=O) groups excluding carboxylic acids is 1. The van der Waals surface area contributed by atoms with Gasteiger partial charge in [0.2, 0.25) is 5.91 Å². The lowest BCUT2D eigenvalue weighted by Gasteiger charge is -2.18. The van der Waals surface area contributed by atoms with Gasteiger partial charge in [-0.15, -0.1) is 0 Å². The number of amides is 1. The van der Waals surface area contributed by atoms with E-state index in [-0.39, 0.29) is 11.8 Å². The summed E-state index contributed by atoms with van der Waals surface area (Å²) < 4.78 is 5.35. The second-order valence-corrected chi connectivity index (χ2v) is 6.63. The van der Waals surface area contributed by atoms with Gasteiger partial charge in [0, 0.05) is 5.69 Å². The first-order valence-corrected chi connectivity index (χ1v) is 8.80. The fourth-order valence-electron chi connectivity index (χ4n) is 3.74. The quantitative estimate of drug-likeness (QED) is 0.666. The average Bonchev–Trinajstić information content (AvgIpc) is 2.94. The van der Waals surface area contributed by atoms with Gasteiger partial charge in [0.1, 0.15) is 5.75 Å². The third-order valence-electron chi connectivity index (χ3n) is 4.99. The normalized spacial score (nSPS) is 15.8. The maximum absolute atomic E-state index is 13.3. The molecule has 0 radical (unpaired) electrons. The topological polar surface area (TPSA) is 29.5 Å². The highest BCUT2D eigenvalue weighted by Gasteiger charge is 2.37. The fourth-order valence-corrected chi connectivity index (χ4v) is 3.74. The molecule has 1 aliphatic rings. The van der Waals surface area contributed by atoms with Crippen LogP contribution < -0.4 is 9.64 Å². The predicted octanol–water partition coefficient (Wildman–Crippen LogP) is 5.01. The molecule has 3 heteroatoms. The van der Waals surface area contributed by atoms with Crippen LogP contribution in [0, 0.1) is 6.92 Å². The van der Waals surface area contributed by atoms with Crippen molar-refractivity contribution in [3.05, 3.63) is 89.5 Å². The first kappa shape index (κ1) is 16.4. The average molecular weight is 343 g/mol. The molecule has 1 heterocycles. The lowest BCUT2D eigenvalue weighted by molar-refractivity contribution is -0.118. The summed E-state index contributed by atoms with van der Waals surface area (Å²) in [5.41, 5.74) is 5.22. The van der Waals surface area contributed by atoms with E-state index in [1.807, 2.05) is 72.5 Å². The minimum atomic E-state index is -0.167. The Balaban J connectivity index is 1.71. The van der Waals surface area contributed by atoms with Gasteiger partial charge in [-0.05, 0) is 54.3 Å². The van der Waals surface area contributed by atoms with Crippen LogP contribution in [0.25, 0.3) is 0 Å². The summed E-state index contributed by atoms with van der Waals surface area (Å²) in [5.74, 6) is 0.836. The van der Waals surface area contributed by atoms with Crippen molar-refractivity contribution in [3.63, 3.8) is 0 Å². The van der Waals surface area contributed by atoms with Gasteiger partial charge in [-0.2, -0.15) is 0 Å². The number of hydrogen-bond donors (Lipinski definition) is 0. The summed E-state index contributed by atoms with van der Waals surface area (Å²) in [6.07, 6.45) is 0.685. The molecular weight excluding hydrogens is 322 g/mol. The first-order valence-electron chi connectivity index (χ1n) is 8.80. The molecule has 3 aromatic carbocycles. The molecule has 1 aliphatic heterocycles. The van der Waals surface area contributed by atoms with Gasteiger partial charge in [0.15, 0.2) is 0 Å². The molecule has 3 nitrogen and oxygen atoms in total. The number of methoxy groups -OCH3 is 1. The first-order chi connectivity index (χ1) is 12.7. The summed E-state index contributed by atoms with van der Waals surface area (Å²) in [5, 5.41) is 0. The van der Waals surface area contributed by atoms with Gasteiger partial charge < -0.3 is 4.74 Å². The molecule has 0 bridgehead atoms. The molecule has 0 saturated carbocycles. The third kappa shape index (κ3) is 2.76. The van der Waals surface area contributed by atoms with E-state index in [4.69, 9.17) is 4.74 Å². The Morgan fingerprint density at radius 2 is 1.69 bits per heavy atom. The number of anilines is 2. The monoisotopic (exact) mass is 343 g/mol. The molecule has 0 aliphatic carbocycles. The van der Waals surface area contributed by atoms with E-state index in [0.717, 1.165) is 33.8 Å². The number of para-hydroxylation sites is 2. The van der Waals surface area contributed by atoms with Crippen LogP contribution in [0.1, 0.15) is 22.6 Å². The zero-order chi connectivity index (χ0) is 18.1. The van der Waals surface area contributed by atoms with Crippen molar-refractivity contribution < 1.29 is 9.53 Å². The number of aryl methyl sites for hydroxylation is 1. The smallest absolute Gasteiger partial charge is 0.239 e. The van der Waals surface area contributed by atoms with Crippen LogP contribution >= 0.6 is 0 Å². The molecule has 0 aromatic heterocycles. The lowest BCUT2D eigenvalue weighted by atomic mass is 9.92. The van der Waals surface area contributed by atoms with E-state index in [1.54, 1.807) is 7.11 Å².